The van der Waals surface area contributed by atoms with E-state index in [0.29, 0.717) is 22.5 Å². The summed E-state index contributed by atoms with van der Waals surface area (Å²) in [5, 5.41) is 9.91. The number of nitrogens with two attached hydrogens (primary N) is 1. The lowest BCUT2D eigenvalue weighted by molar-refractivity contribution is 0.0888. The van der Waals surface area contributed by atoms with Crippen LogP contribution in [0.2, 0.25) is 0 Å². The number of rotatable bonds is 3. The van der Waals surface area contributed by atoms with Gasteiger partial charge in [-0.2, -0.15) is 0 Å². The molecule has 3 N–H and O–H groups in total. The predicted molar refractivity (Wildman–Crippen MR) is 85.6 cm³/mol. The van der Waals surface area contributed by atoms with Crippen molar-refractivity contribution < 1.29 is 14.3 Å². The monoisotopic (exact) mass is 329 g/mol. The van der Waals surface area contributed by atoms with Crippen molar-refractivity contribution in [2.24, 2.45) is 0 Å². The van der Waals surface area contributed by atoms with Crippen LogP contribution in [-0.2, 0) is 11.3 Å². The molecule has 124 valence electrons. The minimum Gasteiger partial charge on any atom is -0.453 e. The molecule has 3 rings (SSSR count). The highest BCUT2D eigenvalue weighted by Gasteiger charge is 2.16. The molecule has 24 heavy (non-hydrogen) atoms. The number of methoxy groups -OCH3 is 1. The molecule has 0 saturated carbocycles. The standard InChI is InChI=1S/C14H15N7O3/c1-8-16-10-5-9(15)3-4-11(10)21(8)13(22)7-20-6-12(18-19-20)17-14(23)24-2/h3-6H,7,15H2,1-2H3,(H,17,23). The Morgan fingerprint density at radius 1 is 1.38 bits per heavy atom. The number of hydrogen-bond acceptors (Lipinski definition) is 7. The highest BCUT2D eigenvalue weighted by atomic mass is 16.5. The molecule has 0 spiro atoms. The molecular weight excluding hydrogens is 314 g/mol. The van der Waals surface area contributed by atoms with Gasteiger partial charge in [0.05, 0.1) is 24.3 Å². The van der Waals surface area contributed by atoms with E-state index in [1.807, 2.05) is 0 Å². The van der Waals surface area contributed by atoms with Gasteiger partial charge in [0.25, 0.3) is 5.91 Å². The van der Waals surface area contributed by atoms with Crippen molar-refractivity contribution in [3.8, 4) is 0 Å². The summed E-state index contributed by atoms with van der Waals surface area (Å²) in [6.45, 7) is 1.67. The second-order valence-electron chi connectivity index (χ2n) is 5.05. The van der Waals surface area contributed by atoms with Gasteiger partial charge in [0.1, 0.15) is 12.4 Å². The number of fused-ring (bicyclic) bond motifs is 1. The van der Waals surface area contributed by atoms with Gasteiger partial charge in [-0.25, -0.2) is 14.5 Å². The summed E-state index contributed by atoms with van der Waals surface area (Å²) in [6, 6.07) is 5.16. The number of hydrogen-bond donors (Lipinski definition) is 2. The molecule has 0 bridgehead atoms. The van der Waals surface area contributed by atoms with Crippen LogP contribution in [0, 0.1) is 6.92 Å². The lowest BCUT2D eigenvalue weighted by Gasteiger charge is -2.05. The average Bonchev–Trinajstić information content (AvgIpc) is 3.09. The lowest BCUT2D eigenvalue weighted by Crippen LogP contribution is -2.19. The van der Waals surface area contributed by atoms with Crippen molar-refractivity contribution in [2.45, 2.75) is 13.5 Å². The first kappa shape index (κ1) is 15.5. The third-order valence-corrected chi connectivity index (χ3v) is 3.35. The van der Waals surface area contributed by atoms with Crippen molar-refractivity contribution in [3.05, 3.63) is 30.2 Å². The van der Waals surface area contributed by atoms with Gasteiger partial charge in [0.15, 0.2) is 5.82 Å². The largest absolute Gasteiger partial charge is 0.453 e. The van der Waals surface area contributed by atoms with Gasteiger partial charge in [-0.05, 0) is 25.1 Å². The van der Waals surface area contributed by atoms with Crippen LogP contribution in [0.1, 0.15) is 10.6 Å². The van der Waals surface area contributed by atoms with E-state index >= 15 is 0 Å². The molecule has 0 aliphatic rings. The summed E-state index contributed by atoms with van der Waals surface area (Å²) in [5.41, 5.74) is 7.63. The van der Waals surface area contributed by atoms with Crippen LogP contribution in [0.25, 0.3) is 11.0 Å². The van der Waals surface area contributed by atoms with Crippen molar-refractivity contribution >= 4 is 34.5 Å². The Morgan fingerprint density at radius 3 is 2.92 bits per heavy atom. The van der Waals surface area contributed by atoms with Crippen molar-refractivity contribution in [2.75, 3.05) is 18.2 Å². The number of nitrogens with one attached hydrogen (secondary N) is 1. The van der Waals surface area contributed by atoms with E-state index in [1.54, 1.807) is 25.1 Å². The van der Waals surface area contributed by atoms with Crippen LogP contribution in [-0.4, -0.2) is 43.7 Å². The van der Waals surface area contributed by atoms with Crippen LogP contribution in [0.4, 0.5) is 16.3 Å². The topological polar surface area (TPSA) is 130 Å². The molecule has 1 amide bonds. The van der Waals surface area contributed by atoms with Crippen LogP contribution in [0.3, 0.4) is 0 Å². The second kappa shape index (κ2) is 5.99. The predicted octanol–water partition coefficient (Wildman–Crippen LogP) is 1.04. The number of amides is 1. The highest BCUT2D eigenvalue weighted by Crippen LogP contribution is 2.19. The van der Waals surface area contributed by atoms with Gasteiger partial charge in [-0.1, -0.05) is 5.21 Å². The quantitative estimate of drug-likeness (QED) is 0.686. The summed E-state index contributed by atoms with van der Waals surface area (Å²) in [7, 11) is 1.24. The number of ether oxygens (including phenoxy) is 1. The van der Waals surface area contributed by atoms with Crippen molar-refractivity contribution in [3.63, 3.8) is 0 Å². The average molecular weight is 329 g/mol. The third-order valence-electron chi connectivity index (χ3n) is 3.35. The van der Waals surface area contributed by atoms with E-state index in [2.05, 4.69) is 25.3 Å². The normalized spacial score (nSPS) is 10.8. The van der Waals surface area contributed by atoms with Gasteiger partial charge in [-0.15, -0.1) is 5.10 Å². The molecule has 0 saturated heterocycles. The maximum Gasteiger partial charge on any atom is 0.412 e. The Morgan fingerprint density at radius 2 is 2.17 bits per heavy atom. The number of anilines is 2. The summed E-state index contributed by atoms with van der Waals surface area (Å²) in [5.74, 6) is 0.498. The van der Waals surface area contributed by atoms with Crippen LogP contribution in [0.15, 0.2) is 24.4 Å². The number of nitrogen functional groups attached to an aromatic ring is 1. The first-order valence-corrected chi connectivity index (χ1v) is 7.01. The fourth-order valence-electron chi connectivity index (χ4n) is 2.33. The number of imidazole rings is 1. The molecule has 0 aliphatic carbocycles. The zero-order valence-corrected chi connectivity index (χ0v) is 13.1. The molecular formula is C14H15N7O3. The van der Waals surface area contributed by atoms with Crippen LogP contribution < -0.4 is 11.1 Å². The Bertz CT molecular complexity index is 928. The number of aromatic nitrogens is 5. The van der Waals surface area contributed by atoms with E-state index in [9.17, 15) is 9.59 Å². The van der Waals surface area contributed by atoms with E-state index in [1.165, 1.54) is 22.6 Å². The Balaban J connectivity index is 1.83. The molecule has 10 nitrogen and oxygen atoms in total. The number of benzene rings is 1. The SMILES string of the molecule is COC(=O)Nc1cn(CC(=O)n2c(C)nc3cc(N)ccc32)nn1. The number of aryl methyl sites for hydroxylation is 1. The molecule has 0 fully saturated rings. The summed E-state index contributed by atoms with van der Waals surface area (Å²) >= 11 is 0. The van der Waals surface area contributed by atoms with Gasteiger partial charge < -0.3 is 10.5 Å². The molecule has 0 unspecified atom stereocenters. The fraction of sp³-hybridized carbons (Fsp3) is 0.214. The zero-order chi connectivity index (χ0) is 17.3. The van der Waals surface area contributed by atoms with Gasteiger partial charge in [0, 0.05) is 5.69 Å². The van der Waals surface area contributed by atoms with Crippen molar-refractivity contribution in [1.29, 1.82) is 0 Å². The Kier molecular flexibility index (Phi) is 3.86. The maximum absolute atomic E-state index is 12.6. The molecule has 1 aromatic carbocycles. The van der Waals surface area contributed by atoms with Crippen LogP contribution >= 0.6 is 0 Å². The van der Waals surface area contributed by atoms with Crippen LogP contribution in [0.5, 0.6) is 0 Å². The summed E-state index contributed by atoms with van der Waals surface area (Å²) in [6.07, 6.45) is 0.767. The Labute approximate surface area is 136 Å². The summed E-state index contributed by atoms with van der Waals surface area (Å²) < 4.78 is 7.27. The van der Waals surface area contributed by atoms with E-state index < -0.39 is 6.09 Å². The lowest BCUT2D eigenvalue weighted by atomic mass is 10.3. The molecule has 0 aliphatic heterocycles. The Hall–Kier alpha value is -3.43. The van der Waals surface area contributed by atoms with Crippen molar-refractivity contribution in [1.82, 2.24) is 24.5 Å². The fourth-order valence-corrected chi connectivity index (χ4v) is 2.33. The number of nitrogens with zero attached hydrogens (tertiary/aromatic N) is 5. The van der Waals surface area contributed by atoms with Gasteiger partial charge >= 0.3 is 6.09 Å². The molecule has 3 aromatic rings. The second-order valence-corrected chi connectivity index (χ2v) is 5.05. The zero-order valence-electron chi connectivity index (χ0n) is 13.1. The molecule has 2 heterocycles. The molecule has 2 aromatic heterocycles. The van der Waals surface area contributed by atoms with Gasteiger partial charge in [-0.3, -0.25) is 14.7 Å². The molecule has 0 atom stereocenters. The molecule has 0 radical (unpaired) electrons. The highest BCUT2D eigenvalue weighted by molar-refractivity contribution is 5.92. The summed E-state index contributed by atoms with van der Waals surface area (Å²) in [4.78, 5) is 28.0. The van der Waals surface area contributed by atoms with E-state index in [4.69, 9.17) is 5.73 Å². The number of carbonyl (C=O) groups excluding carboxylic acids is 2. The molecule has 10 heteroatoms. The third kappa shape index (κ3) is 2.89. The van der Waals surface area contributed by atoms with E-state index in [-0.39, 0.29) is 18.3 Å². The maximum atomic E-state index is 12.6. The first-order chi connectivity index (χ1) is 11.5. The van der Waals surface area contributed by atoms with Gasteiger partial charge in [0.2, 0.25) is 0 Å². The minimum absolute atomic E-state index is 0.0630. The first-order valence-electron chi connectivity index (χ1n) is 7.01. The van der Waals surface area contributed by atoms with E-state index in [0.717, 1.165) is 0 Å². The smallest absolute Gasteiger partial charge is 0.412 e. The minimum atomic E-state index is -0.664. The number of carbonyl (C=O) groups is 2.